The molecule has 0 saturated heterocycles. The Kier molecular flexibility index (Phi) is 22.3. The van der Waals surface area contributed by atoms with Crippen molar-refractivity contribution in [3.8, 4) is 33.4 Å². The van der Waals surface area contributed by atoms with Gasteiger partial charge in [-0.2, -0.15) is 0 Å². The first-order valence-corrected chi connectivity index (χ1v) is 20.2. The van der Waals surface area contributed by atoms with Gasteiger partial charge in [0.2, 0.25) is 0 Å². The van der Waals surface area contributed by atoms with Crippen molar-refractivity contribution in [2.45, 2.75) is 82.6 Å². The summed E-state index contributed by atoms with van der Waals surface area (Å²) in [7, 11) is 0. The van der Waals surface area contributed by atoms with Crippen LogP contribution < -0.4 is 0 Å². The minimum Gasteiger partial charge on any atom is -0.0991 e. The Morgan fingerprint density at radius 1 is 0.517 bits per heavy atom. The summed E-state index contributed by atoms with van der Waals surface area (Å²) in [6.07, 6.45) is 16.4. The lowest BCUT2D eigenvalue weighted by Crippen LogP contribution is -1.84. The van der Waals surface area contributed by atoms with Crippen LogP contribution in [0.4, 0.5) is 0 Å². The van der Waals surface area contributed by atoms with Crippen molar-refractivity contribution >= 4 is 0 Å². The molecule has 0 bridgehead atoms. The van der Waals surface area contributed by atoms with E-state index < -0.39 is 0 Å². The van der Waals surface area contributed by atoms with Crippen LogP contribution in [0.15, 0.2) is 206 Å². The summed E-state index contributed by atoms with van der Waals surface area (Å²) in [5.74, 6) is 0. The average molecular weight is 765 g/mol. The maximum atomic E-state index is 3.57. The number of hydrogen-bond acceptors (Lipinski definition) is 0. The summed E-state index contributed by atoms with van der Waals surface area (Å²) in [6, 6.07) is 52.0. The summed E-state index contributed by atoms with van der Waals surface area (Å²) in [5, 5.41) is 0. The highest BCUT2D eigenvalue weighted by atomic mass is 14.2. The maximum Gasteiger partial charge on any atom is -0.00130 e. The van der Waals surface area contributed by atoms with Gasteiger partial charge in [-0.05, 0) is 113 Å². The molecule has 0 fully saturated rings. The Labute approximate surface area is 353 Å². The monoisotopic (exact) mass is 765 g/mol. The van der Waals surface area contributed by atoms with Gasteiger partial charge in [0.25, 0.3) is 0 Å². The predicted octanol–water partition coefficient (Wildman–Crippen LogP) is 17.4. The molecule has 0 nitrogen and oxygen atoms in total. The van der Waals surface area contributed by atoms with Gasteiger partial charge in [-0.1, -0.05) is 242 Å². The Bertz CT molecular complexity index is 2060. The maximum absolute atomic E-state index is 3.57. The molecule has 58 heavy (non-hydrogen) atoms. The lowest BCUT2D eigenvalue weighted by molar-refractivity contribution is 1.22. The number of aryl methyl sites for hydroxylation is 4. The van der Waals surface area contributed by atoms with Crippen LogP contribution >= 0.6 is 0 Å². The van der Waals surface area contributed by atoms with Gasteiger partial charge in [-0.25, -0.2) is 0 Å². The van der Waals surface area contributed by atoms with Gasteiger partial charge >= 0.3 is 0 Å². The molecule has 1 aliphatic carbocycles. The van der Waals surface area contributed by atoms with Crippen LogP contribution in [0.3, 0.4) is 0 Å². The van der Waals surface area contributed by atoms with Gasteiger partial charge in [-0.3, -0.25) is 0 Å². The zero-order chi connectivity index (χ0) is 41.4. The molecule has 0 unspecified atom stereocenters. The number of benzene rings is 6. The largest absolute Gasteiger partial charge is 0.0991 e. The van der Waals surface area contributed by atoms with E-state index in [9.17, 15) is 0 Å². The zero-order valence-corrected chi connectivity index (χ0v) is 36.0. The normalized spacial score (nSPS) is 11.2. The van der Waals surface area contributed by atoms with E-state index in [-0.39, 0.29) is 7.43 Å². The van der Waals surface area contributed by atoms with E-state index in [1.54, 1.807) is 6.08 Å². The quantitative estimate of drug-likeness (QED) is 0.148. The fraction of sp³-hybridized carbons (Fsp3) is 0.207. The van der Waals surface area contributed by atoms with E-state index in [1.807, 2.05) is 68.5 Å². The first-order valence-electron chi connectivity index (χ1n) is 20.2. The minimum atomic E-state index is 0. The fourth-order valence-corrected chi connectivity index (χ4v) is 6.03. The molecule has 0 heteroatoms. The van der Waals surface area contributed by atoms with Gasteiger partial charge in [0.15, 0.2) is 0 Å². The van der Waals surface area contributed by atoms with Gasteiger partial charge < -0.3 is 0 Å². The summed E-state index contributed by atoms with van der Waals surface area (Å²) in [5.41, 5.74) is 18.7. The van der Waals surface area contributed by atoms with Crippen LogP contribution in [0.25, 0.3) is 33.4 Å². The van der Waals surface area contributed by atoms with Gasteiger partial charge in [-0.15, -0.1) is 0 Å². The molecule has 6 aromatic carbocycles. The Morgan fingerprint density at radius 2 is 0.914 bits per heavy atom. The van der Waals surface area contributed by atoms with E-state index in [0.717, 1.165) is 12.8 Å². The minimum absolute atomic E-state index is 0. The Morgan fingerprint density at radius 3 is 1.24 bits per heavy atom. The van der Waals surface area contributed by atoms with E-state index in [2.05, 4.69) is 182 Å². The summed E-state index contributed by atoms with van der Waals surface area (Å²) in [4.78, 5) is 0. The molecule has 300 valence electrons. The first kappa shape index (κ1) is 48.2. The molecule has 6 aromatic rings. The van der Waals surface area contributed by atoms with Crippen LogP contribution in [0.2, 0.25) is 0 Å². The molecule has 0 amide bonds. The topological polar surface area (TPSA) is 0 Å². The van der Waals surface area contributed by atoms with Gasteiger partial charge in [0, 0.05) is 0 Å². The van der Waals surface area contributed by atoms with Crippen molar-refractivity contribution in [3.05, 3.63) is 239 Å². The number of fused-ring (bicyclic) bond motifs is 3. The van der Waals surface area contributed by atoms with Crippen molar-refractivity contribution in [2.24, 2.45) is 0 Å². The highest BCUT2D eigenvalue weighted by molar-refractivity contribution is 5.82. The van der Waals surface area contributed by atoms with E-state index in [1.165, 1.54) is 77.9 Å². The fourth-order valence-electron chi connectivity index (χ4n) is 6.03. The molecule has 0 aliphatic heterocycles. The molecular formula is C58H68. The molecule has 0 heterocycles. The van der Waals surface area contributed by atoms with Crippen molar-refractivity contribution in [3.63, 3.8) is 0 Å². The van der Waals surface area contributed by atoms with E-state index in [4.69, 9.17) is 0 Å². The highest BCUT2D eigenvalue weighted by Crippen LogP contribution is 2.40. The third-order valence-electron chi connectivity index (χ3n) is 9.41. The van der Waals surface area contributed by atoms with Crippen LogP contribution in [0.5, 0.6) is 0 Å². The molecule has 0 radical (unpaired) electrons. The second-order valence-electron chi connectivity index (χ2n) is 14.5. The average Bonchev–Trinajstić information content (AvgIpc) is 3.59. The summed E-state index contributed by atoms with van der Waals surface area (Å²) < 4.78 is 0. The summed E-state index contributed by atoms with van der Waals surface area (Å²) in [6.45, 7) is 22.3. The molecule has 0 atom stereocenters. The lowest BCUT2D eigenvalue weighted by atomic mass is 9.97. The molecule has 0 saturated carbocycles. The van der Waals surface area contributed by atoms with Crippen molar-refractivity contribution in [1.29, 1.82) is 0 Å². The van der Waals surface area contributed by atoms with Crippen molar-refractivity contribution in [1.82, 2.24) is 0 Å². The van der Waals surface area contributed by atoms with Gasteiger partial charge in [0.1, 0.15) is 0 Å². The second kappa shape index (κ2) is 26.8. The number of hydrogen-bond donors (Lipinski definition) is 0. The summed E-state index contributed by atoms with van der Waals surface area (Å²) >= 11 is 0. The molecular weight excluding hydrogens is 697 g/mol. The standard InChI is InChI=1S/C27H22.C8H14.C8H12.2C7H8.CH4/c1-18-3-7-20(8-4-18)22-11-13-26-24(15-22)17-25-16-23(12-14-27(25)26)21-9-5-19(2)6-10-21;1-4-6-7-8(3)5-2;1-4-6-8(3)7-5-2;2*1-7-5-3-2-4-6-7;/h3-16H,17H2,1-2H3;5-7H,4H2,1-3H3;4-7H,1H2,2-3H3;2*2-6H,1H3;1H4/b;7-6-,8-5-;7-5-,8-6-;;;. The molecule has 1 aliphatic rings. The Balaban J connectivity index is 0.000000306. The van der Waals surface area contributed by atoms with Crippen LogP contribution in [-0.4, -0.2) is 0 Å². The Hall–Kier alpha value is -5.98. The van der Waals surface area contributed by atoms with Crippen LogP contribution in [-0.2, 0) is 6.42 Å². The highest BCUT2D eigenvalue weighted by Gasteiger charge is 2.19. The molecule has 0 N–H and O–H groups in total. The predicted molar refractivity (Wildman–Crippen MR) is 262 cm³/mol. The second-order valence-corrected chi connectivity index (χ2v) is 14.5. The zero-order valence-electron chi connectivity index (χ0n) is 36.0. The smallest absolute Gasteiger partial charge is 0.00130 e. The van der Waals surface area contributed by atoms with Gasteiger partial charge in [0.05, 0.1) is 0 Å². The van der Waals surface area contributed by atoms with E-state index in [0.29, 0.717) is 0 Å². The number of rotatable bonds is 6. The lowest BCUT2D eigenvalue weighted by Gasteiger charge is -2.07. The van der Waals surface area contributed by atoms with Crippen molar-refractivity contribution in [2.75, 3.05) is 0 Å². The van der Waals surface area contributed by atoms with Crippen LogP contribution in [0.1, 0.15) is 81.8 Å². The third-order valence-corrected chi connectivity index (χ3v) is 9.41. The molecule has 0 spiro atoms. The van der Waals surface area contributed by atoms with Crippen LogP contribution in [0, 0.1) is 27.7 Å². The SMILES string of the molecule is C.C/C=C(C)\C=C/CC.C=C/C=C(C)\C=C/C.Cc1ccc(-c2ccc3c(c2)Cc2cc(-c4ccc(C)cc4)ccc2-3)cc1.Cc1ccccc1.Cc1ccccc1. The number of allylic oxidation sites excluding steroid dienone is 9. The third kappa shape index (κ3) is 17.0. The molecule has 0 aromatic heterocycles. The van der Waals surface area contributed by atoms with Crippen molar-refractivity contribution < 1.29 is 0 Å². The molecule has 7 rings (SSSR count). The first-order chi connectivity index (χ1) is 27.6. The van der Waals surface area contributed by atoms with E-state index >= 15 is 0 Å².